The summed E-state index contributed by atoms with van der Waals surface area (Å²) in [6.45, 7) is 12.4. The summed E-state index contributed by atoms with van der Waals surface area (Å²) < 4.78 is 0. The molecule has 1 rings (SSSR count). The van der Waals surface area contributed by atoms with Crippen molar-refractivity contribution in [3.63, 3.8) is 0 Å². The van der Waals surface area contributed by atoms with Crippen LogP contribution in [0.3, 0.4) is 0 Å². The molecule has 1 aromatic rings. The molecule has 0 nitrogen and oxygen atoms in total. The van der Waals surface area contributed by atoms with E-state index in [1.165, 1.54) is 11.1 Å². The summed E-state index contributed by atoms with van der Waals surface area (Å²) in [5, 5.41) is 0. The van der Waals surface area contributed by atoms with Gasteiger partial charge in [0, 0.05) is 0 Å². The van der Waals surface area contributed by atoms with Crippen LogP contribution in [0.25, 0.3) is 0 Å². The summed E-state index contributed by atoms with van der Waals surface area (Å²) in [5.41, 5.74) is 2.89. The Labute approximate surface area is 90.4 Å². The fourth-order valence-corrected chi connectivity index (χ4v) is 1.07. The Morgan fingerprint density at radius 1 is 0.786 bits per heavy atom. The molecule has 0 atom stereocenters. The number of hydrogen-bond acceptors (Lipinski definition) is 0. The first-order chi connectivity index (χ1) is 6.86. The first-order valence-electron chi connectivity index (χ1n) is 5.94. The van der Waals surface area contributed by atoms with E-state index in [4.69, 9.17) is 0 Å². The summed E-state index contributed by atoms with van der Waals surface area (Å²) in [5.74, 6) is 0. The molecular weight excluding hydrogens is 168 g/mol. The van der Waals surface area contributed by atoms with E-state index in [2.05, 4.69) is 38.1 Å². The molecule has 0 aliphatic heterocycles. The van der Waals surface area contributed by atoms with E-state index < -0.39 is 0 Å². The van der Waals surface area contributed by atoms with Crippen LogP contribution in [0, 0.1) is 0 Å². The van der Waals surface area contributed by atoms with Crippen LogP contribution in [0.15, 0.2) is 24.3 Å². The molecule has 0 bridgehead atoms. The molecule has 0 aromatic heterocycles. The standard InChI is InChI=1S/C10H14.2C2H6/c1-3-9-6-5-7-10(4-2)8-9;2*1-2/h5-8H,3-4H2,1-2H3;2*1-2H3. The number of rotatable bonds is 2. The van der Waals surface area contributed by atoms with E-state index in [9.17, 15) is 0 Å². The van der Waals surface area contributed by atoms with Crippen molar-refractivity contribution in [2.24, 2.45) is 0 Å². The molecule has 1 aromatic carbocycles. The van der Waals surface area contributed by atoms with Gasteiger partial charge in [-0.1, -0.05) is 65.8 Å². The van der Waals surface area contributed by atoms with Crippen LogP contribution in [0.4, 0.5) is 0 Å². The summed E-state index contributed by atoms with van der Waals surface area (Å²) in [6.07, 6.45) is 2.29. The molecule has 0 saturated heterocycles. The highest BCUT2D eigenvalue weighted by molar-refractivity contribution is 5.23. The Hall–Kier alpha value is -0.780. The second-order valence-corrected chi connectivity index (χ2v) is 2.53. The number of benzene rings is 1. The Morgan fingerprint density at radius 2 is 1.14 bits per heavy atom. The molecule has 0 radical (unpaired) electrons. The van der Waals surface area contributed by atoms with E-state index in [0.29, 0.717) is 0 Å². The molecule has 0 unspecified atom stereocenters. The van der Waals surface area contributed by atoms with Crippen LogP contribution >= 0.6 is 0 Å². The molecule has 0 aliphatic carbocycles. The van der Waals surface area contributed by atoms with Crippen molar-refractivity contribution in [1.82, 2.24) is 0 Å². The highest BCUT2D eigenvalue weighted by Crippen LogP contribution is 2.05. The molecule has 0 N–H and O–H groups in total. The van der Waals surface area contributed by atoms with Gasteiger partial charge < -0.3 is 0 Å². The average Bonchev–Trinajstić information content (AvgIpc) is 2.34. The van der Waals surface area contributed by atoms with Crippen molar-refractivity contribution in [3.8, 4) is 0 Å². The maximum absolute atomic E-state index is 2.28. The predicted octanol–water partition coefficient (Wildman–Crippen LogP) is 4.86. The molecule has 0 fully saturated rings. The van der Waals surface area contributed by atoms with Crippen LogP contribution in [-0.2, 0) is 12.8 Å². The van der Waals surface area contributed by atoms with Crippen molar-refractivity contribution in [2.75, 3.05) is 0 Å². The van der Waals surface area contributed by atoms with Gasteiger partial charge in [-0.15, -0.1) is 0 Å². The Bertz CT molecular complexity index is 182. The van der Waals surface area contributed by atoms with Gasteiger partial charge >= 0.3 is 0 Å². The van der Waals surface area contributed by atoms with Crippen molar-refractivity contribution < 1.29 is 0 Å². The van der Waals surface area contributed by atoms with Crippen LogP contribution in [0.1, 0.15) is 52.7 Å². The predicted molar refractivity (Wildman–Crippen MR) is 67.9 cm³/mol. The highest BCUT2D eigenvalue weighted by atomic mass is 13.9. The van der Waals surface area contributed by atoms with Crippen molar-refractivity contribution in [3.05, 3.63) is 35.4 Å². The SMILES string of the molecule is CC.CC.CCc1cccc(CC)c1. The van der Waals surface area contributed by atoms with Gasteiger partial charge in [0.25, 0.3) is 0 Å². The van der Waals surface area contributed by atoms with Crippen molar-refractivity contribution >= 4 is 0 Å². The Morgan fingerprint density at radius 3 is 1.43 bits per heavy atom. The zero-order valence-electron chi connectivity index (χ0n) is 10.7. The largest absolute Gasteiger partial charge is 0.0683 e. The fraction of sp³-hybridized carbons (Fsp3) is 0.571. The maximum atomic E-state index is 2.28. The molecular formula is C14H26. The lowest BCUT2D eigenvalue weighted by Gasteiger charge is -1.98. The number of aryl methyl sites for hydroxylation is 2. The second kappa shape index (κ2) is 12.2. The lowest BCUT2D eigenvalue weighted by atomic mass is 10.1. The Balaban J connectivity index is 0. The van der Waals surface area contributed by atoms with E-state index in [1.807, 2.05) is 27.7 Å². The zero-order chi connectivity index (χ0) is 11.4. The van der Waals surface area contributed by atoms with E-state index in [0.717, 1.165) is 12.8 Å². The van der Waals surface area contributed by atoms with Gasteiger partial charge in [-0.3, -0.25) is 0 Å². The van der Waals surface area contributed by atoms with Gasteiger partial charge in [0.1, 0.15) is 0 Å². The summed E-state index contributed by atoms with van der Waals surface area (Å²) in [6, 6.07) is 8.77. The maximum Gasteiger partial charge on any atom is -0.0307 e. The van der Waals surface area contributed by atoms with Gasteiger partial charge in [0.2, 0.25) is 0 Å². The lowest BCUT2D eigenvalue weighted by Crippen LogP contribution is -1.83. The molecule has 82 valence electrons. The quantitative estimate of drug-likeness (QED) is 0.630. The fourth-order valence-electron chi connectivity index (χ4n) is 1.07. The molecule has 0 aliphatic rings. The first kappa shape index (κ1) is 15.7. The molecule has 0 heteroatoms. The number of hydrogen-bond donors (Lipinski definition) is 0. The van der Waals surface area contributed by atoms with Crippen molar-refractivity contribution in [1.29, 1.82) is 0 Å². The summed E-state index contributed by atoms with van der Waals surface area (Å²) in [4.78, 5) is 0. The average molecular weight is 194 g/mol. The van der Waals surface area contributed by atoms with Crippen LogP contribution in [-0.4, -0.2) is 0 Å². The third kappa shape index (κ3) is 6.71. The molecule has 0 spiro atoms. The third-order valence-corrected chi connectivity index (χ3v) is 1.81. The van der Waals surface area contributed by atoms with Gasteiger partial charge in [0.05, 0.1) is 0 Å². The van der Waals surface area contributed by atoms with Gasteiger partial charge in [-0.25, -0.2) is 0 Å². The third-order valence-electron chi connectivity index (χ3n) is 1.81. The minimum absolute atomic E-state index is 1.15. The second-order valence-electron chi connectivity index (χ2n) is 2.53. The normalized spacial score (nSPS) is 7.86. The van der Waals surface area contributed by atoms with Gasteiger partial charge in [-0.05, 0) is 24.0 Å². The topological polar surface area (TPSA) is 0 Å². The smallest absolute Gasteiger partial charge is 0.0307 e. The van der Waals surface area contributed by atoms with Crippen LogP contribution < -0.4 is 0 Å². The van der Waals surface area contributed by atoms with Crippen molar-refractivity contribution in [2.45, 2.75) is 54.4 Å². The monoisotopic (exact) mass is 194 g/mol. The molecule has 14 heavy (non-hydrogen) atoms. The minimum atomic E-state index is 1.15. The minimum Gasteiger partial charge on any atom is -0.0683 e. The summed E-state index contributed by atoms with van der Waals surface area (Å²) in [7, 11) is 0. The summed E-state index contributed by atoms with van der Waals surface area (Å²) >= 11 is 0. The van der Waals surface area contributed by atoms with Crippen LogP contribution in [0.2, 0.25) is 0 Å². The molecule has 0 amide bonds. The Kier molecular flexibility index (Phi) is 13.7. The zero-order valence-corrected chi connectivity index (χ0v) is 10.7. The first-order valence-corrected chi connectivity index (χ1v) is 5.94. The van der Waals surface area contributed by atoms with E-state index in [1.54, 1.807) is 0 Å². The van der Waals surface area contributed by atoms with E-state index >= 15 is 0 Å². The van der Waals surface area contributed by atoms with Crippen LogP contribution in [0.5, 0.6) is 0 Å². The lowest BCUT2D eigenvalue weighted by molar-refractivity contribution is 1.09. The highest BCUT2D eigenvalue weighted by Gasteiger charge is 1.89. The molecule has 0 heterocycles. The van der Waals surface area contributed by atoms with Gasteiger partial charge in [0.15, 0.2) is 0 Å². The van der Waals surface area contributed by atoms with Gasteiger partial charge in [-0.2, -0.15) is 0 Å². The molecule has 0 saturated carbocycles. The van der Waals surface area contributed by atoms with E-state index in [-0.39, 0.29) is 0 Å².